The van der Waals surface area contributed by atoms with E-state index in [2.05, 4.69) is 21.2 Å². The second-order valence-corrected chi connectivity index (χ2v) is 5.79. The normalized spacial score (nSPS) is 13.9. The Morgan fingerprint density at radius 1 is 1.14 bits per heavy atom. The minimum Gasteiger partial charge on any atom is -0.323 e. The molecule has 0 unspecified atom stereocenters. The molecule has 22 heavy (non-hydrogen) atoms. The van der Waals surface area contributed by atoms with Crippen molar-refractivity contribution in [1.82, 2.24) is 0 Å². The van der Waals surface area contributed by atoms with Crippen molar-refractivity contribution in [2.45, 2.75) is 0 Å². The molecule has 0 saturated heterocycles. The van der Waals surface area contributed by atoms with Gasteiger partial charge in [-0.15, -0.1) is 0 Å². The molecule has 3 rings (SSSR count). The smallest absolute Gasteiger partial charge is 0.251 e. The van der Waals surface area contributed by atoms with Crippen LogP contribution in [0, 0.1) is 0 Å². The lowest BCUT2D eigenvalue weighted by atomic mass is 10.1. The molecule has 0 radical (unpaired) electrons. The lowest BCUT2D eigenvalue weighted by Crippen LogP contribution is -2.41. The summed E-state index contributed by atoms with van der Waals surface area (Å²) in [6, 6.07) is 14.9. The molecule has 1 aliphatic heterocycles. The Labute approximate surface area is 136 Å². The van der Waals surface area contributed by atoms with Crippen molar-refractivity contribution >= 4 is 45.2 Å². The molecule has 1 heterocycles. The van der Waals surface area contributed by atoms with Crippen molar-refractivity contribution in [3.05, 3.63) is 64.6 Å². The van der Waals surface area contributed by atoms with Gasteiger partial charge >= 0.3 is 0 Å². The van der Waals surface area contributed by atoms with E-state index in [0.717, 1.165) is 10.0 Å². The number of amides is 2. The maximum absolute atomic E-state index is 12.4. The largest absolute Gasteiger partial charge is 0.323 e. The third-order valence-electron chi connectivity index (χ3n) is 3.33. The quantitative estimate of drug-likeness (QED) is 0.837. The van der Waals surface area contributed by atoms with Crippen LogP contribution in [-0.4, -0.2) is 18.4 Å². The summed E-state index contributed by atoms with van der Waals surface area (Å²) >= 11 is 3.37. The minimum absolute atomic E-state index is 0.0283. The van der Waals surface area contributed by atoms with E-state index in [-0.39, 0.29) is 18.4 Å². The summed E-state index contributed by atoms with van der Waals surface area (Å²) in [6.07, 6.45) is 3.22. The molecule has 0 bridgehead atoms. The molecule has 0 spiro atoms. The number of fused-ring (bicyclic) bond motifs is 1. The van der Waals surface area contributed by atoms with Gasteiger partial charge in [-0.1, -0.05) is 40.2 Å². The van der Waals surface area contributed by atoms with Crippen molar-refractivity contribution in [3.63, 3.8) is 0 Å². The van der Waals surface area contributed by atoms with E-state index in [1.807, 2.05) is 42.5 Å². The lowest BCUT2D eigenvalue weighted by Gasteiger charge is -2.28. The molecular weight excluding hydrogens is 344 g/mol. The van der Waals surface area contributed by atoms with E-state index in [1.165, 1.54) is 11.0 Å². The Balaban J connectivity index is 1.83. The number of halogens is 1. The summed E-state index contributed by atoms with van der Waals surface area (Å²) in [5.41, 5.74) is 2.29. The average molecular weight is 357 g/mol. The van der Waals surface area contributed by atoms with Crippen LogP contribution < -0.4 is 10.2 Å². The number of nitrogens with one attached hydrogen (secondary N) is 1. The molecular formula is C17H13BrN2O2. The van der Waals surface area contributed by atoms with Gasteiger partial charge in [-0.2, -0.15) is 0 Å². The number of carbonyl (C=O) groups excluding carboxylic acids is 2. The summed E-state index contributed by atoms with van der Waals surface area (Å²) in [5.74, 6) is -0.408. The number of anilines is 2. The molecule has 110 valence electrons. The van der Waals surface area contributed by atoms with Gasteiger partial charge in [0.25, 0.3) is 5.91 Å². The van der Waals surface area contributed by atoms with Crippen molar-refractivity contribution in [3.8, 4) is 0 Å². The number of carbonyl (C=O) groups is 2. The van der Waals surface area contributed by atoms with E-state index >= 15 is 0 Å². The van der Waals surface area contributed by atoms with Crippen LogP contribution in [0.2, 0.25) is 0 Å². The first-order valence-corrected chi connectivity index (χ1v) is 7.57. The van der Waals surface area contributed by atoms with Crippen LogP contribution in [0.4, 0.5) is 11.4 Å². The monoisotopic (exact) mass is 356 g/mol. The Morgan fingerprint density at radius 2 is 1.86 bits per heavy atom. The molecule has 5 heteroatoms. The number of nitrogens with zero attached hydrogens (tertiary/aromatic N) is 1. The first-order chi connectivity index (χ1) is 10.6. The Hall–Kier alpha value is -2.40. The number of benzene rings is 2. The van der Waals surface area contributed by atoms with Crippen LogP contribution in [0.15, 0.2) is 59.1 Å². The molecule has 2 amide bonds. The molecule has 4 nitrogen and oxygen atoms in total. The molecule has 2 aromatic carbocycles. The third-order valence-corrected chi connectivity index (χ3v) is 3.85. The van der Waals surface area contributed by atoms with Gasteiger partial charge in [0.2, 0.25) is 5.91 Å². The zero-order valence-corrected chi connectivity index (χ0v) is 13.2. The van der Waals surface area contributed by atoms with Gasteiger partial charge in [0.05, 0.1) is 11.4 Å². The fraction of sp³-hybridized carbons (Fsp3) is 0.0588. The predicted molar refractivity (Wildman–Crippen MR) is 90.6 cm³/mol. The lowest BCUT2D eigenvalue weighted by molar-refractivity contribution is -0.119. The summed E-state index contributed by atoms with van der Waals surface area (Å²) in [4.78, 5) is 25.6. The fourth-order valence-electron chi connectivity index (χ4n) is 2.26. The molecule has 0 aromatic heterocycles. The zero-order chi connectivity index (χ0) is 15.5. The van der Waals surface area contributed by atoms with E-state index < -0.39 is 0 Å². The summed E-state index contributed by atoms with van der Waals surface area (Å²) < 4.78 is 0.984. The molecule has 0 fully saturated rings. The highest BCUT2D eigenvalue weighted by Crippen LogP contribution is 2.29. The standard InChI is InChI=1S/C17H13BrN2O2/c18-13-8-5-12(6-9-13)7-10-17(22)20-11-16(21)19-14-3-1-2-4-15(14)20/h1-10H,11H2,(H,19,21). The summed E-state index contributed by atoms with van der Waals surface area (Å²) in [5, 5.41) is 2.76. The van der Waals surface area contributed by atoms with Crippen LogP contribution in [0.3, 0.4) is 0 Å². The molecule has 0 aliphatic carbocycles. The van der Waals surface area contributed by atoms with Gasteiger partial charge in [0.1, 0.15) is 6.54 Å². The van der Waals surface area contributed by atoms with Crippen molar-refractivity contribution in [2.24, 2.45) is 0 Å². The zero-order valence-electron chi connectivity index (χ0n) is 11.6. The summed E-state index contributed by atoms with van der Waals surface area (Å²) in [7, 11) is 0. The Kier molecular flexibility index (Phi) is 4.06. The molecule has 0 saturated carbocycles. The second kappa shape index (κ2) is 6.15. The van der Waals surface area contributed by atoms with Crippen LogP contribution in [-0.2, 0) is 9.59 Å². The number of para-hydroxylation sites is 2. The van der Waals surface area contributed by atoms with Gasteiger partial charge in [-0.3, -0.25) is 14.5 Å². The van der Waals surface area contributed by atoms with Crippen LogP contribution >= 0.6 is 15.9 Å². The maximum Gasteiger partial charge on any atom is 0.251 e. The van der Waals surface area contributed by atoms with E-state index in [0.29, 0.717) is 11.4 Å². The number of rotatable bonds is 2. The topological polar surface area (TPSA) is 49.4 Å². The highest BCUT2D eigenvalue weighted by Gasteiger charge is 2.24. The van der Waals surface area contributed by atoms with Gasteiger partial charge in [-0.25, -0.2) is 0 Å². The number of hydrogen-bond donors (Lipinski definition) is 1. The predicted octanol–water partition coefficient (Wildman–Crippen LogP) is 3.45. The minimum atomic E-state index is -0.217. The van der Waals surface area contributed by atoms with Crippen molar-refractivity contribution in [1.29, 1.82) is 0 Å². The van der Waals surface area contributed by atoms with Gasteiger partial charge in [0.15, 0.2) is 0 Å². The van der Waals surface area contributed by atoms with Gasteiger partial charge in [0, 0.05) is 10.5 Å². The molecule has 0 atom stereocenters. The average Bonchev–Trinajstić information content (AvgIpc) is 2.53. The van der Waals surface area contributed by atoms with E-state index in [4.69, 9.17) is 0 Å². The second-order valence-electron chi connectivity index (χ2n) is 4.87. The Morgan fingerprint density at radius 3 is 2.64 bits per heavy atom. The molecule has 2 aromatic rings. The van der Waals surface area contributed by atoms with Crippen LogP contribution in [0.1, 0.15) is 5.56 Å². The maximum atomic E-state index is 12.4. The fourth-order valence-corrected chi connectivity index (χ4v) is 2.53. The molecule has 1 N–H and O–H groups in total. The van der Waals surface area contributed by atoms with E-state index in [1.54, 1.807) is 12.1 Å². The third kappa shape index (κ3) is 3.09. The highest BCUT2D eigenvalue weighted by molar-refractivity contribution is 9.10. The SMILES string of the molecule is O=C1CN(C(=O)C=Cc2ccc(Br)cc2)c2ccccc2N1. The van der Waals surface area contributed by atoms with Gasteiger partial charge < -0.3 is 5.32 Å². The first-order valence-electron chi connectivity index (χ1n) is 6.77. The van der Waals surface area contributed by atoms with Crippen LogP contribution in [0.25, 0.3) is 6.08 Å². The highest BCUT2D eigenvalue weighted by atomic mass is 79.9. The van der Waals surface area contributed by atoms with Gasteiger partial charge in [-0.05, 0) is 35.9 Å². The Bertz CT molecular complexity index is 754. The van der Waals surface area contributed by atoms with Crippen molar-refractivity contribution < 1.29 is 9.59 Å². The number of hydrogen-bond acceptors (Lipinski definition) is 2. The van der Waals surface area contributed by atoms with Crippen LogP contribution in [0.5, 0.6) is 0 Å². The molecule has 1 aliphatic rings. The first kappa shape index (κ1) is 14.5. The summed E-state index contributed by atoms with van der Waals surface area (Å²) in [6.45, 7) is 0.0283. The van der Waals surface area contributed by atoms with E-state index in [9.17, 15) is 9.59 Å². The van der Waals surface area contributed by atoms with Crippen molar-refractivity contribution in [2.75, 3.05) is 16.8 Å².